The van der Waals surface area contributed by atoms with Gasteiger partial charge in [0.25, 0.3) is 0 Å². The number of nitrogens with zero attached hydrogens (tertiary/aromatic N) is 1. The predicted octanol–water partition coefficient (Wildman–Crippen LogP) is 1.49. The Morgan fingerprint density at radius 2 is 1.85 bits per heavy atom. The second-order valence-corrected chi connectivity index (χ2v) is 6.80. The summed E-state index contributed by atoms with van der Waals surface area (Å²) in [5.74, 6) is 0.653. The van der Waals surface area contributed by atoms with Crippen LogP contribution in [0.5, 0.6) is 5.75 Å². The zero-order chi connectivity index (χ0) is 14.0. The highest BCUT2D eigenvalue weighted by Crippen LogP contribution is 2.22. The number of rotatable bonds is 3. The second kappa shape index (κ2) is 6.76. The highest BCUT2D eigenvalue weighted by molar-refractivity contribution is 7.89. The molecule has 0 spiro atoms. The van der Waals surface area contributed by atoms with E-state index >= 15 is 0 Å². The first kappa shape index (κ1) is 17.2. The van der Waals surface area contributed by atoms with Gasteiger partial charge in [-0.25, -0.2) is 8.42 Å². The monoisotopic (exact) mass is 320 g/mol. The topological polar surface area (TPSA) is 58.6 Å². The van der Waals surface area contributed by atoms with Crippen molar-refractivity contribution < 1.29 is 13.2 Å². The number of halogens is 1. The van der Waals surface area contributed by atoms with Crippen LogP contribution in [-0.4, -0.2) is 45.0 Å². The van der Waals surface area contributed by atoms with Crippen LogP contribution in [0.25, 0.3) is 0 Å². The van der Waals surface area contributed by atoms with Crippen molar-refractivity contribution >= 4 is 22.4 Å². The molecule has 0 aliphatic carbocycles. The number of hydrogen-bond acceptors (Lipinski definition) is 4. The van der Waals surface area contributed by atoms with Gasteiger partial charge in [-0.05, 0) is 38.1 Å². The van der Waals surface area contributed by atoms with Gasteiger partial charge in [-0.1, -0.05) is 0 Å². The molecule has 0 radical (unpaired) electrons. The first-order chi connectivity index (χ1) is 8.95. The Morgan fingerprint density at radius 1 is 1.25 bits per heavy atom. The third-order valence-corrected chi connectivity index (χ3v) is 5.37. The maximum Gasteiger partial charge on any atom is 0.243 e. The lowest BCUT2D eigenvalue weighted by Gasteiger charge is -2.36. The van der Waals surface area contributed by atoms with Gasteiger partial charge in [0, 0.05) is 25.2 Å². The molecule has 0 bridgehead atoms. The zero-order valence-electron chi connectivity index (χ0n) is 11.9. The summed E-state index contributed by atoms with van der Waals surface area (Å²) in [6.07, 6.45) is 0. The lowest BCUT2D eigenvalue weighted by molar-refractivity contribution is 0.244. The van der Waals surface area contributed by atoms with E-state index in [0.29, 0.717) is 23.7 Å². The minimum Gasteiger partial charge on any atom is -0.497 e. The molecule has 20 heavy (non-hydrogen) atoms. The smallest absolute Gasteiger partial charge is 0.243 e. The number of methoxy groups -OCH3 is 1. The lowest BCUT2D eigenvalue weighted by atomic mass is 10.2. The molecule has 0 aromatic heterocycles. The maximum absolute atomic E-state index is 12.6. The fourth-order valence-corrected chi connectivity index (χ4v) is 3.93. The molecule has 2 rings (SSSR count). The number of ether oxygens (including phenoxy) is 1. The average Bonchev–Trinajstić information content (AvgIpc) is 2.41. The van der Waals surface area contributed by atoms with Gasteiger partial charge in [-0.3, -0.25) is 0 Å². The molecule has 1 aliphatic rings. The molecule has 1 aromatic rings. The van der Waals surface area contributed by atoms with Crippen LogP contribution in [0.4, 0.5) is 0 Å². The van der Waals surface area contributed by atoms with Gasteiger partial charge in [0.15, 0.2) is 0 Å². The van der Waals surface area contributed by atoms with Crippen molar-refractivity contribution in [3.8, 4) is 5.75 Å². The van der Waals surface area contributed by atoms with E-state index in [1.165, 1.54) is 0 Å². The fourth-order valence-electron chi connectivity index (χ4n) is 2.21. The molecule has 7 heteroatoms. The summed E-state index contributed by atoms with van der Waals surface area (Å²) in [5, 5.41) is 3.28. The molecule has 1 saturated heterocycles. The summed E-state index contributed by atoms with van der Waals surface area (Å²) in [6.45, 7) is 5.08. The van der Waals surface area contributed by atoms with E-state index in [1.807, 2.05) is 13.8 Å². The summed E-state index contributed by atoms with van der Waals surface area (Å²) in [6, 6.07) is 6.65. The second-order valence-electron chi connectivity index (χ2n) is 4.91. The van der Waals surface area contributed by atoms with Crippen molar-refractivity contribution in [3.05, 3.63) is 24.3 Å². The van der Waals surface area contributed by atoms with E-state index in [4.69, 9.17) is 4.74 Å². The van der Waals surface area contributed by atoms with Crippen molar-refractivity contribution in [2.24, 2.45) is 0 Å². The van der Waals surface area contributed by atoms with Crippen molar-refractivity contribution in [2.45, 2.75) is 30.8 Å². The minimum atomic E-state index is -3.43. The summed E-state index contributed by atoms with van der Waals surface area (Å²) in [7, 11) is -1.87. The largest absolute Gasteiger partial charge is 0.497 e. The molecule has 1 heterocycles. The van der Waals surface area contributed by atoms with Crippen molar-refractivity contribution in [3.63, 3.8) is 0 Å². The van der Waals surface area contributed by atoms with Crippen LogP contribution in [0.2, 0.25) is 0 Å². The molecule has 5 nitrogen and oxygen atoms in total. The van der Waals surface area contributed by atoms with Crippen LogP contribution in [0.1, 0.15) is 13.8 Å². The van der Waals surface area contributed by atoms with Crippen LogP contribution in [0.15, 0.2) is 29.2 Å². The molecular weight excluding hydrogens is 300 g/mol. The summed E-state index contributed by atoms with van der Waals surface area (Å²) < 4.78 is 31.8. The summed E-state index contributed by atoms with van der Waals surface area (Å²) in [4.78, 5) is 0.314. The zero-order valence-corrected chi connectivity index (χ0v) is 13.5. The Balaban J connectivity index is 0.00000200. The van der Waals surface area contributed by atoms with Gasteiger partial charge < -0.3 is 10.1 Å². The van der Waals surface area contributed by atoms with Gasteiger partial charge >= 0.3 is 0 Å². The Bertz CT molecular complexity index is 533. The number of piperazine rings is 1. The fraction of sp³-hybridized carbons (Fsp3) is 0.538. The van der Waals surface area contributed by atoms with Gasteiger partial charge in [-0.2, -0.15) is 4.31 Å². The number of hydrogen-bond donors (Lipinski definition) is 1. The average molecular weight is 321 g/mol. The number of benzene rings is 1. The normalized spacial score (nSPS) is 23.9. The van der Waals surface area contributed by atoms with E-state index < -0.39 is 10.0 Å². The van der Waals surface area contributed by atoms with E-state index in [0.717, 1.165) is 0 Å². The van der Waals surface area contributed by atoms with Crippen LogP contribution >= 0.6 is 12.4 Å². The first-order valence-corrected chi connectivity index (χ1v) is 7.78. The highest BCUT2D eigenvalue weighted by atomic mass is 35.5. The van der Waals surface area contributed by atoms with Gasteiger partial charge in [0.1, 0.15) is 5.75 Å². The van der Waals surface area contributed by atoms with Gasteiger partial charge in [-0.15, -0.1) is 12.4 Å². The predicted molar refractivity (Wildman–Crippen MR) is 81.1 cm³/mol. The molecule has 1 aliphatic heterocycles. The lowest BCUT2D eigenvalue weighted by Crippen LogP contribution is -2.56. The van der Waals surface area contributed by atoms with Gasteiger partial charge in [0.2, 0.25) is 10.0 Å². The molecule has 1 aromatic carbocycles. The molecule has 0 saturated carbocycles. The van der Waals surface area contributed by atoms with E-state index in [9.17, 15) is 8.42 Å². The SMILES string of the molecule is COc1ccc(S(=O)(=O)N2CC(C)NCC2C)cc1.Cl. The molecule has 1 fully saturated rings. The molecule has 114 valence electrons. The quantitative estimate of drug-likeness (QED) is 0.916. The highest BCUT2D eigenvalue weighted by Gasteiger charge is 2.33. The Morgan fingerprint density at radius 3 is 2.40 bits per heavy atom. The third-order valence-electron chi connectivity index (χ3n) is 3.37. The van der Waals surface area contributed by atoms with E-state index in [-0.39, 0.29) is 24.5 Å². The van der Waals surface area contributed by atoms with E-state index in [1.54, 1.807) is 35.7 Å². The maximum atomic E-state index is 12.6. The van der Waals surface area contributed by atoms with E-state index in [2.05, 4.69) is 5.32 Å². The molecular formula is C13H21ClN2O3S. The molecule has 2 unspecified atom stereocenters. The molecule has 0 amide bonds. The molecule has 1 N–H and O–H groups in total. The summed E-state index contributed by atoms with van der Waals surface area (Å²) >= 11 is 0. The minimum absolute atomic E-state index is 0. The Hall–Kier alpha value is -0.820. The Labute approximate surface area is 126 Å². The van der Waals surface area contributed by atoms with Crippen LogP contribution in [0.3, 0.4) is 0 Å². The van der Waals surface area contributed by atoms with Crippen molar-refractivity contribution in [1.82, 2.24) is 9.62 Å². The third kappa shape index (κ3) is 3.44. The van der Waals surface area contributed by atoms with Crippen molar-refractivity contribution in [2.75, 3.05) is 20.2 Å². The number of nitrogens with one attached hydrogen (secondary N) is 1. The number of sulfonamides is 1. The van der Waals surface area contributed by atoms with Crippen LogP contribution in [0, 0.1) is 0 Å². The van der Waals surface area contributed by atoms with Crippen LogP contribution in [-0.2, 0) is 10.0 Å². The summed E-state index contributed by atoms with van der Waals surface area (Å²) in [5.41, 5.74) is 0. The van der Waals surface area contributed by atoms with Crippen molar-refractivity contribution in [1.29, 1.82) is 0 Å². The first-order valence-electron chi connectivity index (χ1n) is 6.34. The standard InChI is InChI=1S/C13H20N2O3S.ClH/c1-10-9-15(11(2)8-14-10)19(16,17)13-6-4-12(18-3)5-7-13;/h4-7,10-11,14H,8-9H2,1-3H3;1H. The van der Waals surface area contributed by atoms with Crippen LogP contribution < -0.4 is 10.1 Å². The van der Waals surface area contributed by atoms with Gasteiger partial charge in [0.05, 0.1) is 12.0 Å². The molecule has 2 atom stereocenters. The Kier molecular flexibility index (Phi) is 5.82.